The van der Waals surface area contributed by atoms with Crippen LogP contribution in [-0.4, -0.2) is 38.6 Å². The standard InChI is InChI=1S/C23H20N2O7/c1-10(26)2-3-11-12-5-18-19(32-9-31-18)6-16(12)24-20-14(11)7-25-17(20)4-13-15(22(25)28)8-30-23(29)21(13)27/h4-6,10,21,26-27H,2-3,7-9H2,1H3/t10-,21+/m1/s1. The number of aliphatic hydroxyl groups excluding tert-OH is 2. The lowest BCUT2D eigenvalue weighted by atomic mass is 9.95. The molecule has 3 aliphatic heterocycles. The number of aromatic nitrogens is 2. The molecule has 3 aromatic rings. The highest BCUT2D eigenvalue weighted by molar-refractivity contribution is 5.91. The summed E-state index contributed by atoms with van der Waals surface area (Å²) < 4.78 is 17.6. The van der Waals surface area contributed by atoms with Crippen molar-refractivity contribution in [3.63, 3.8) is 0 Å². The van der Waals surface area contributed by atoms with Crippen molar-refractivity contribution in [2.24, 2.45) is 0 Å². The molecule has 2 atom stereocenters. The summed E-state index contributed by atoms with van der Waals surface area (Å²) in [4.78, 5) is 29.9. The van der Waals surface area contributed by atoms with Crippen LogP contribution in [0.15, 0.2) is 23.0 Å². The molecule has 9 nitrogen and oxygen atoms in total. The number of pyridine rings is 2. The van der Waals surface area contributed by atoms with Crippen molar-refractivity contribution < 1.29 is 29.2 Å². The van der Waals surface area contributed by atoms with Gasteiger partial charge in [-0.25, -0.2) is 9.78 Å². The first-order valence-corrected chi connectivity index (χ1v) is 10.5. The first kappa shape index (κ1) is 19.3. The predicted molar refractivity (Wildman–Crippen MR) is 111 cm³/mol. The maximum absolute atomic E-state index is 13.2. The van der Waals surface area contributed by atoms with Crippen LogP contribution >= 0.6 is 0 Å². The number of cyclic esters (lactones) is 1. The zero-order valence-electron chi connectivity index (χ0n) is 17.3. The van der Waals surface area contributed by atoms with E-state index in [0.717, 1.165) is 16.5 Å². The Kier molecular flexibility index (Phi) is 4.08. The molecule has 6 rings (SSSR count). The summed E-state index contributed by atoms with van der Waals surface area (Å²) in [6, 6.07) is 5.38. The fraction of sp³-hybridized carbons (Fsp3) is 0.348. The van der Waals surface area contributed by atoms with Gasteiger partial charge in [0.05, 0.1) is 35.1 Å². The lowest BCUT2D eigenvalue weighted by Gasteiger charge is -2.21. The Morgan fingerprint density at radius 3 is 2.72 bits per heavy atom. The molecular weight excluding hydrogens is 416 g/mol. The number of carbonyl (C=O) groups is 1. The Labute approximate surface area is 181 Å². The molecule has 2 N–H and O–H groups in total. The maximum Gasteiger partial charge on any atom is 0.340 e. The third-order valence-electron chi connectivity index (χ3n) is 6.38. The van der Waals surface area contributed by atoms with Crippen LogP contribution in [-0.2, 0) is 29.1 Å². The number of benzene rings is 1. The Balaban J connectivity index is 1.61. The molecule has 1 aromatic carbocycles. The van der Waals surface area contributed by atoms with Gasteiger partial charge in [-0.3, -0.25) is 4.79 Å². The molecule has 0 amide bonds. The molecule has 0 saturated carbocycles. The summed E-state index contributed by atoms with van der Waals surface area (Å²) in [5.41, 5.74) is 3.98. The number of hydrogen-bond acceptors (Lipinski definition) is 8. The summed E-state index contributed by atoms with van der Waals surface area (Å²) in [5.74, 6) is 0.474. The normalized spacial score (nSPS) is 18.8. The van der Waals surface area contributed by atoms with Gasteiger partial charge in [0.2, 0.25) is 6.79 Å². The minimum Gasteiger partial charge on any atom is -0.458 e. The van der Waals surface area contributed by atoms with Crippen LogP contribution in [0, 0.1) is 0 Å². The van der Waals surface area contributed by atoms with Gasteiger partial charge in [0.1, 0.15) is 6.61 Å². The second-order valence-corrected chi connectivity index (χ2v) is 8.39. The van der Waals surface area contributed by atoms with E-state index in [1.54, 1.807) is 17.6 Å². The molecule has 32 heavy (non-hydrogen) atoms. The lowest BCUT2D eigenvalue weighted by Crippen LogP contribution is -2.32. The number of aryl methyl sites for hydroxylation is 1. The lowest BCUT2D eigenvalue weighted by molar-refractivity contribution is -0.157. The Morgan fingerprint density at radius 2 is 1.94 bits per heavy atom. The smallest absolute Gasteiger partial charge is 0.340 e. The monoisotopic (exact) mass is 436 g/mol. The average molecular weight is 436 g/mol. The number of fused-ring (bicyclic) bond motifs is 6. The first-order valence-electron chi connectivity index (χ1n) is 10.5. The Hall–Kier alpha value is -3.43. The molecule has 0 saturated heterocycles. The molecule has 9 heteroatoms. The quantitative estimate of drug-likeness (QED) is 0.464. The van der Waals surface area contributed by atoms with E-state index in [4.69, 9.17) is 19.2 Å². The van der Waals surface area contributed by atoms with Crippen molar-refractivity contribution in [2.45, 2.75) is 45.1 Å². The minimum absolute atomic E-state index is 0.146. The van der Waals surface area contributed by atoms with Gasteiger partial charge in [0, 0.05) is 22.6 Å². The van der Waals surface area contributed by atoms with Gasteiger partial charge in [0.15, 0.2) is 17.6 Å². The van der Waals surface area contributed by atoms with Crippen LogP contribution in [0.25, 0.3) is 22.3 Å². The molecule has 5 heterocycles. The van der Waals surface area contributed by atoms with Crippen molar-refractivity contribution in [3.05, 3.63) is 50.8 Å². The molecule has 0 bridgehead atoms. The van der Waals surface area contributed by atoms with Gasteiger partial charge in [0.25, 0.3) is 5.56 Å². The molecule has 0 fully saturated rings. The van der Waals surface area contributed by atoms with E-state index in [2.05, 4.69) is 0 Å². The highest BCUT2D eigenvalue weighted by Gasteiger charge is 2.35. The summed E-state index contributed by atoms with van der Waals surface area (Å²) in [5, 5.41) is 21.1. The SMILES string of the molecule is C[C@@H](O)CCc1c2c(nc3cc4c(cc13)OCO4)-c1cc3c(c(=O)n1C2)COC(=O)[C@H]3O. The summed E-state index contributed by atoms with van der Waals surface area (Å²) in [7, 11) is 0. The number of aliphatic hydroxyl groups is 2. The second kappa shape index (κ2) is 6.78. The summed E-state index contributed by atoms with van der Waals surface area (Å²) in [6.07, 6.45) is -0.848. The highest BCUT2D eigenvalue weighted by Crippen LogP contribution is 2.42. The number of rotatable bonds is 3. The highest BCUT2D eigenvalue weighted by atomic mass is 16.7. The van der Waals surface area contributed by atoms with Crippen LogP contribution in [0.4, 0.5) is 0 Å². The fourth-order valence-electron chi connectivity index (χ4n) is 4.74. The number of nitrogens with zero attached hydrogens (tertiary/aromatic N) is 2. The zero-order valence-corrected chi connectivity index (χ0v) is 17.3. The van der Waals surface area contributed by atoms with Gasteiger partial charge >= 0.3 is 5.97 Å². The van der Waals surface area contributed by atoms with Crippen LogP contribution < -0.4 is 15.0 Å². The van der Waals surface area contributed by atoms with Gasteiger partial charge in [-0.2, -0.15) is 0 Å². The van der Waals surface area contributed by atoms with Crippen molar-refractivity contribution in [1.82, 2.24) is 9.55 Å². The number of esters is 1. The van der Waals surface area contributed by atoms with E-state index in [9.17, 15) is 19.8 Å². The largest absolute Gasteiger partial charge is 0.458 e. The maximum atomic E-state index is 13.2. The van der Waals surface area contributed by atoms with Crippen LogP contribution in [0.1, 0.15) is 41.7 Å². The Bertz CT molecular complexity index is 1380. The number of hydrogen-bond donors (Lipinski definition) is 2. The molecule has 0 aliphatic carbocycles. The molecule has 164 valence electrons. The molecule has 3 aliphatic rings. The van der Waals surface area contributed by atoms with Gasteiger partial charge < -0.3 is 29.0 Å². The topological polar surface area (TPSA) is 120 Å². The van der Waals surface area contributed by atoms with Crippen molar-refractivity contribution in [3.8, 4) is 22.9 Å². The Morgan fingerprint density at radius 1 is 1.16 bits per heavy atom. The third-order valence-corrected chi connectivity index (χ3v) is 6.38. The molecule has 2 aromatic heterocycles. The van der Waals surface area contributed by atoms with Crippen molar-refractivity contribution in [1.29, 1.82) is 0 Å². The van der Waals surface area contributed by atoms with E-state index >= 15 is 0 Å². The second-order valence-electron chi connectivity index (χ2n) is 8.39. The van der Waals surface area contributed by atoms with Crippen molar-refractivity contribution >= 4 is 16.9 Å². The van der Waals surface area contributed by atoms with Crippen LogP contribution in [0.3, 0.4) is 0 Å². The minimum atomic E-state index is -1.50. The summed E-state index contributed by atoms with van der Waals surface area (Å²) >= 11 is 0. The number of carbonyl (C=O) groups excluding carboxylic acids is 1. The molecular formula is C23H20N2O7. The summed E-state index contributed by atoms with van der Waals surface area (Å²) in [6.45, 7) is 2.04. The van der Waals surface area contributed by atoms with Gasteiger partial charge in [-0.1, -0.05) is 0 Å². The van der Waals surface area contributed by atoms with E-state index in [1.807, 2.05) is 12.1 Å². The van der Waals surface area contributed by atoms with E-state index in [0.29, 0.717) is 47.8 Å². The van der Waals surface area contributed by atoms with Gasteiger partial charge in [-0.05, 0) is 37.5 Å². The number of ether oxygens (including phenoxy) is 3. The molecule has 0 unspecified atom stereocenters. The van der Waals surface area contributed by atoms with E-state index in [-0.39, 0.29) is 30.1 Å². The molecule has 0 spiro atoms. The van der Waals surface area contributed by atoms with Crippen molar-refractivity contribution in [2.75, 3.05) is 6.79 Å². The van der Waals surface area contributed by atoms with Gasteiger partial charge in [-0.15, -0.1) is 0 Å². The van der Waals surface area contributed by atoms with Crippen LogP contribution in [0.5, 0.6) is 11.5 Å². The fourth-order valence-corrected chi connectivity index (χ4v) is 4.74. The third kappa shape index (κ3) is 2.68. The molecule has 0 radical (unpaired) electrons. The zero-order chi connectivity index (χ0) is 22.1. The van der Waals surface area contributed by atoms with Crippen LogP contribution in [0.2, 0.25) is 0 Å². The van der Waals surface area contributed by atoms with E-state index in [1.165, 1.54) is 0 Å². The first-order chi connectivity index (χ1) is 15.4. The average Bonchev–Trinajstić information content (AvgIpc) is 3.37. The van der Waals surface area contributed by atoms with E-state index < -0.39 is 18.2 Å². The predicted octanol–water partition coefficient (Wildman–Crippen LogP) is 1.56.